The van der Waals surface area contributed by atoms with E-state index in [2.05, 4.69) is 4.90 Å². The Balaban J connectivity index is 1.65. The van der Waals surface area contributed by atoms with E-state index in [0.29, 0.717) is 24.7 Å². The summed E-state index contributed by atoms with van der Waals surface area (Å²) >= 11 is 0. The number of Topliss-reactive ketones (excluding diaryl/α,β-unsaturated/α-hetero) is 1. The van der Waals surface area contributed by atoms with Crippen LogP contribution in [0.3, 0.4) is 0 Å². The Morgan fingerprint density at radius 3 is 2.52 bits per heavy atom. The molecule has 7 heteroatoms. The maximum Gasteiger partial charge on any atom is 0.290 e. The number of nitrogens with zero attached hydrogens (tertiary/aromatic N) is 2. The minimum atomic E-state index is -0.602. The molecule has 0 radical (unpaired) electrons. The third kappa shape index (κ3) is 4.42. The molecule has 7 nitrogen and oxygen atoms in total. The molecule has 0 bridgehead atoms. The SMILES string of the molecule is CCOc1ccc(C2C(C(=O)C3CC3)=C(O)C(=O)N2CCN2CCCCC2)cc1OC. The number of hydrogen-bond donors (Lipinski definition) is 1. The number of benzene rings is 1. The zero-order valence-corrected chi connectivity index (χ0v) is 18.4. The number of piperidine rings is 1. The van der Waals surface area contributed by atoms with Gasteiger partial charge in [-0.1, -0.05) is 12.5 Å². The lowest BCUT2D eigenvalue weighted by atomic mass is 9.94. The zero-order valence-electron chi connectivity index (χ0n) is 18.4. The number of likely N-dealkylation sites (tertiary alicyclic amines) is 1. The number of rotatable bonds is 9. The van der Waals surface area contributed by atoms with Crippen LogP contribution >= 0.6 is 0 Å². The van der Waals surface area contributed by atoms with Crippen LogP contribution in [0.25, 0.3) is 0 Å². The summed E-state index contributed by atoms with van der Waals surface area (Å²) in [5, 5.41) is 10.7. The van der Waals surface area contributed by atoms with Crippen LogP contribution < -0.4 is 9.47 Å². The molecule has 1 saturated heterocycles. The van der Waals surface area contributed by atoms with Crippen LogP contribution in [0.2, 0.25) is 0 Å². The van der Waals surface area contributed by atoms with Gasteiger partial charge in [-0.25, -0.2) is 0 Å². The van der Waals surface area contributed by atoms with Crippen molar-refractivity contribution in [3.8, 4) is 11.5 Å². The maximum absolute atomic E-state index is 13.1. The second-order valence-electron chi connectivity index (χ2n) is 8.55. The standard InChI is InChI=1S/C24H32N2O5/c1-3-31-18-10-9-17(15-19(18)30-2)21-20(22(27)16-7-8-16)23(28)24(29)26(21)14-13-25-11-5-4-6-12-25/h9-10,15-16,21,28H,3-8,11-14H2,1-2H3. The second-order valence-corrected chi connectivity index (χ2v) is 8.55. The van der Waals surface area contributed by atoms with Crippen molar-refractivity contribution in [1.29, 1.82) is 0 Å². The van der Waals surface area contributed by atoms with Crippen molar-refractivity contribution < 1.29 is 24.2 Å². The van der Waals surface area contributed by atoms with Crippen molar-refractivity contribution in [1.82, 2.24) is 9.80 Å². The molecule has 3 aliphatic rings. The van der Waals surface area contributed by atoms with E-state index >= 15 is 0 Å². The highest BCUT2D eigenvalue weighted by atomic mass is 16.5. The van der Waals surface area contributed by atoms with Crippen LogP contribution in [0.4, 0.5) is 0 Å². The van der Waals surface area contributed by atoms with Gasteiger partial charge in [0, 0.05) is 19.0 Å². The molecule has 2 fully saturated rings. The van der Waals surface area contributed by atoms with Gasteiger partial charge in [0.15, 0.2) is 23.0 Å². The van der Waals surface area contributed by atoms with Crippen molar-refractivity contribution in [2.45, 2.75) is 45.1 Å². The molecule has 4 rings (SSSR count). The topological polar surface area (TPSA) is 79.3 Å². The molecule has 1 unspecified atom stereocenters. The van der Waals surface area contributed by atoms with Gasteiger partial charge in [-0.05, 0) is 63.4 Å². The third-order valence-electron chi connectivity index (χ3n) is 6.43. The lowest BCUT2D eigenvalue weighted by Crippen LogP contribution is -2.40. The summed E-state index contributed by atoms with van der Waals surface area (Å²) in [6.45, 7) is 5.65. The van der Waals surface area contributed by atoms with Gasteiger partial charge in [-0.15, -0.1) is 0 Å². The molecule has 1 amide bonds. The number of carbonyl (C=O) groups excluding carboxylic acids is 2. The van der Waals surface area contributed by atoms with Crippen molar-refractivity contribution in [2.75, 3.05) is 39.9 Å². The maximum atomic E-state index is 13.1. The minimum absolute atomic E-state index is 0.0842. The number of ketones is 1. The Kier molecular flexibility index (Phi) is 6.51. The summed E-state index contributed by atoms with van der Waals surface area (Å²) in [7, 11) is 1.57. The molecule has 2 heterocycles. The number of hydrogen-bond acceptors (Lipinski definition) is 6. The lowest BCUT2D eigenvalue weighted by molar-refractivity contribution is -0.129. The predicted octanol–water partition coefficient (Wildman–Crippen LogP) is 3.25. The summed E-state index contributed by atoms with van der Waals surface area (Å²) in [6.07, 6.45) is 5.22. The van der Waals surface area contributed by atoms with Gasteiger partial charge in [-0.2, -0.15) is 0 Å². The minimum Gasteiger partial charge on any atom is -0.503 e. The lowest BCUT2D eigenvalue weighted by Gasteiger charge is -2.32. The van der Waals surface area contributed by atoms with Gasteiger partial charge in [0.25, 0.3) is 5.91 Å². The van der Waals surface area contributed by atoms with Crippen LogP contribution in [0, 0.1) is 5.92 Å². The molecule has 0 spiro atoms. The molecule has 31 heavy (non-hydrogen) atoms. The van der Waals surface area contributed by atoms with Crippen molar-refractivity contribution in [2.24, 2.45) is 5.92 Å². The number of amides is 1. The summed E-state index contributed by atoms with van der Waals surface area (Å²) in [5.41, 5.74) is 0.984. The molecule has 1 aromatic rings. The molecule has 1 atom stereocenters. The highest BCUT2D eigenvalue weighted by Gasteiger charge is 2.47. The number of ether oxygens (including phenoxy) is 2. The van der Waals surface area contributed by atoms with Gasteiger partial charge in [0.2, 0.25) is 0 Å². The third-order valence-corrected chi connectivity index (χ3v) is 6.43. The Hall–Kier alpha value is -2.54. The summed E-state index contributed by atoms with van der Waals surface area (Å²) < 4.78 is 11.1. The van der Waals surface area contributed by atoms with Gasteiger partial charge in [0.05, 0.1) is 25.3 Å². The van der Waals surface area contributed by atoms with Crippen LogP contribution in [0.5, 0.6) is 11.5 Å². The first kappa shape index (κ1) is 21.7. The number of methoxy groups -OCH3 is 1. The highest BCUT2D eigenvalue weighted by molar-refractivity contribution is 6.10. The first-order valence-electron chi connectivity index (χ1n) is 11.4. The number of aliphatic hydroxyl groups excluding tert-OH is 1. The summed E-state index contributed by atoms with van der Waals surface area (Å²) in [6, 6.07) is 4.88. The number of carbonyl (C=O) groups is 2. The molecular weight excluding hydrogens is 396 g/mol. The smallest absolute Gasteiger partial charge is 0.290 e. The Bertz CT molecular complexity index is 871. The molecule has 0 aromatic heterocycles. The van der Waals surface area contributed by atoms with E-state index in [4.69, 9.17) is 9.47 Å². The Morgan fingerprint density at radius 2 is 1.87 bits per heavy atom. The van der Waals surface area contributed by atoms with E-state index in [1.54, 1.807) is 18.1 Å². The molecule has 1 N–H and O–H groups in total. The van der Waals surface area contributed by atoms with E-state index < -0.39 is 17.7 Å². The van der Waals surface area contributed by atoms with Gasteiger partial charge < -0.3 is 24.4 Å². The van der Waals surface area contributed by atoms with E-state index in [1.807, 2.05) is 19.1 Å². The first-order valence-corrected chi connectivity index (χ1v) is 11.4. The fourth-order valence-electron chi connectivity index (χ4n) is 4.61. The quantitative estimate of drug-likeness (QED) is 0.650. The fourth-order valence-corrected chi connectivity index (χ4v) is 4.61. The van der Waals surface area contributed by atoms with E-state index in [9.17, 15) is 14.7 Å². The predicted molar refractivity (Wildman–Crippen MR) is 116 cm³/mol. The van der Waals surface area contributed by atoms with Gasteiger partial charge in [0.1, 0.15) is 0 Å². The zero-order chi connectivity index (χ0) is 22.0. The van der Waals surface area contributed by atoms with Gasteiger partial charge >= 0.3 is 0 Å². The average Bonchev–Trinajstić information content (AvgIpc) is 3.61. The molecular formula is C24H32N2O5. The Morgan fingerprint density at radius 1 is 1.13 bits per heavy atom. The number of aliphatic hydroxyl groups is 1. The first-order chi connectivity index (χ1) is 15.0. The van der Waals surface area contributed by atoms with Crippen molar-refractivity contribution in [3.05, 3.63) is 35.1 Å². The van der Waals surface area contributed by atoms with Crippen molar-refractivity contribution >= 4 is 11.7 Å². The normalized spacial score (nSPS) is 22.2. The van der Waals surface area contributed by atoms with Crippen LogP contribution in [0.15, 0.2) is 29.5 Å². The molecule has 168 valence electrons. The monoisotopic (exact) mass is 428 g/mol. The molecule has 2 aliphatic heterocycles. The van der Waals surface area contributed by atoms with E-state index in [0.717, 1.165) is 38.0 Å². The van der Waals surface area contributed by atoms with Gasteiger partial charge in [-0.3, -0.25) is 9.59 Å². The summed E-state index contributed by atoms with van der Waals surface area (Å²) in [4.78, 5) is 30.1. The summed E-state index contributed by atoms with van der Waals surface area (Å²) in [5.74, 6) is 0.115. The Labute approximate surface area is 183 Å². The fraction of sp³-hybridized carbons (Fsp3) is 0.583. The largest absolute Gasteiger partial charge is 0.503 e. The van der Waals surface area contributed by atoms with Crippen LogP contribution in [0.1, 0.15) is 50.6 Å². The average molecular weight is 429 g/mol. The molecule has 1 saturated carbocycles. The molecule has 1 aliphatic carbocycles. The van der Waals surface area contributed by atoms with Crippen LogP contribution in [-0.4, -0.2) is 66.5 Å². The highest BCUT2D eigenvalue weighted by Crippen LogP contribution is 2.44. The van der Waals surface area contributed by atoms with Crippen LogP contribution in [-0.2, 0) is 9.59 Å². The molecule has 1 aromatic carbocycles. The second kappa shape index (κ2) is 9.30. The van der Waals surface area contributed by atoms with E-state index in [1.165, 1.54) is 19.3 Å². The van der Waals surface area contributed by atoms with Crippen molar-refractivity contribution in [3.63, 3.8) is 0 Å². The van der Waals surface area contributed by atoms with E-state index in [-0.39, 0.29) is 17.3 Å².